The number of benzene rings is 1. The zero-order valence-electron chi connectivity index (χ0n) is 10.0. The van der Waals surface area contributed by atoms with Crippen LogP contribution in [0.25, 0.3) is 0 Å². The average molecular weight is 349 g/mol. The van der Waals surface area contributed by atoms with Crippen molar-refractivity contribution < 1.29 is 24.0 Å². The molecule has 1 atom stereocenters. The van der Waals surface area contributed by atoms with Gasteiger partial charge in [-0.25, -0.2) is 9.18 Å². The molecule has 0 fully saturated rings. The van der Waals surface area contributed by atoms with Gasteiger partial charge in [0.15, 0.2) is 6.04 Å². The third-order valence-corrected chi connectivity index (χ3v) is 3.12. The maximum atomic E-state index is 12.3. The highest BCUT2D eigenvalue weighted by molar-refractivity contribution is 9.10. The monoisotopic (exact) mass is 348 g/mol. The molecule has 0 saturated heterocycles. The van der Waals surface area contributed by atoms with Gasteiger partial charge in [-0.3, -0.25) is 14.9 Å². The SMILES string of the molecule is O=C(Cc1ccc([N+](=O)[O-])cc1Br)NC(CF)C(=O)O. The maximum Gasteiger partial charge on any atom is 0.328 e. The van der Waals surface area contributed by atoms with Crippen molar-refractivity contribution in [3.63, 3.8) is 0 Å². The predicted octanol–water partition coefficient (Wildman–Crippen LogP) is 1.44. The van der Waals surface area contributed by atoms with E-state index in [9.17, 15) is 24.1 Å². The highest BCUT2D eigenvalue weighted by Gasteiger charge is 2.20. The molecule has 0 aliphatic rings. The number of nitro groups is 1. The molecule has 1 amide bonds. The Balaban J connectivity index is 2.76. The molecule has 1 aromatic carbocycles. The fourth-order valence-corrected chi connectivity index (χ4v) is 1.88. The molecular formula is C11H10BrFN2O5. The minimum atomic E-state index is -1.60. The third-order valence-electron chi connectivity index (χ3n) is 2.39. The molecule has 108 valence electrons. The van der Waals surface area contributed by atoms with Crippen LogP contribution in [-0.2, 0) is 16.0 Å². The maximum absolute atomic E-state index is 12.3. The number of carbonyl (C=O) groups excluding carboxylic acids is 1. The van der Waals surface area contributed by atoms with Gasteiger partial charge in [0.2, 0.25) is 5.91 Å². The van der Waals surface area contributed by atoms with Crippen LogP contribution in [0.15, 0.2) is 22.7 Å². The van der Waals surface area contributed by atoms with Crippen LogP contribution in [-0.4, -0.2) is 34.6 Å². The number of non-ortho nitro benzene ring substituents is 1. The van der Waals surface area contributed by atoms with Crippen molar-refractivity contribution >= 4 is 33.5 Å². The summed E-state index contributed by atoms with van der Waals surface area (Å²) in [6.45, 7) is -1.22. The quantitative estimate of drug-likeness (QED) is 0.597. The molecule has 0 aromatic heterocycles. The molecule has 2 N–H and O–H groups in total. The van der Waals surface area contributed by atoms with E-state index in [2.05, 4.69) is 15.9 Å². The largest absolute Gasteiger partial charge is 0.480 e. The van der Waals surface area contributed by atoms with E-state index in [1.807, 2.05) is 5.32 Å². The van der Waals surface area contributed by atoms with Crippen molar-refractivity contribution in [3.8, 4) is 0 Å². The van der Waals surface area contributed by atoms with E-state index >= 15 is 0 Å². The van der Waals surface area contributed by atoms with Gasteiger partial charge in [-0.15, -0.1) is 0 Å². The van der Waals surface area contributed by atoms with E-state index < -0.39 is 29.5 Å². The first kappa shape index (κ1) is 16.0. The van der Waals surface area contributed by atoms with Gasteiger partial charge in [0, 0.05) is 16.6 Å². The number of hydrogen-bond donors (Lipinski definition) is 2. The number of alkyl halides is 1. The average Bonchev–Trinajstić information content (AvgIpc) is 2.37. The molecule has 0 aliphatic carbocycles. The normalized spacial score (nSPS) is 11.7. The lowest BCUT2D eigenvalue weighted by Crippen LogP contribution is -2.43. The number of carbonyl (C=O) groups is 2. The Morgan fingerprint density at radius 1 is 1.50 bits per heavy atom. The van der Waals surface area contributed by atoms with Gasteiger partial charge in [0.05, 0.1) is 11.3 Å². The van der Waals surface area contributed by atoms with Crippen LogP contribution in [0.3, 0.4) is 0 Å². The van der Waals surface area contributed by atoms with Gasteiger partial charge in [0.1, 0.15) is 6.67 Å². The van der Waals surface area contributed by atoms with Crippen LogP contribution in [0.4, 0.5) is 10.1 Å². The van der Waals surface area contributed by atoms with Crippen molar-refractivity contribution in [1.82, 2.24) is 5.32 Å². The summed E-state index contributed by atoms with van der Waals surface area (Å²) in [5, 5.41) is 21.2. The molecule has 0 saturated carbocycles. The van der Waals surface area contributed by atoms with Crippen molar-refractivity contribution in [2.24, 2.45) is 0 Å². The number of nitro benzene ring substituents is 1. The highest BCUT2D eigenvalue weighted by atomic mass is 79.9. The van der Waals surface area contributed by atoms with E-state index in [1.165, 1.54) is 18.2 Å². The Kier molecular flexibility index (Phi) is 5.56. The zero-order chi connectivity index (χ0) is 15.3. The molecule has 0 spiro atoms. The molecule has 0 radical (unpaired) electrons. The summed E-state index contributed by atoms with van der Waals surface area (Å²) in [6.07, 6.45) is -0.220. The lowest BCUT2D eigenvalue weighted by molar-refractivity contribution is -0.384. The Labute approximate surface area is 121 Å². The Morgan fingerprint density at radius 3 is 2.60 bits per heavy atom. The second-order valence-electron chi connectivity index (χ2n) is 3.82. The number of rotatable bonds is 6. The van der Waals surface area contributed by atoms with Gasteiger partial charge in [0.25, 0.3) is 5.69 Å². The van der Waals surface area contributed by atoms with Crippen molar-refractivity contribution in [1.29, 1.82) is 0 Å². The molecule has 1 aromatic rings. The first-order chi connectivity index (χ1) is 9.35. The van der Waals surface area contributed by atoms with Gasteiger partial charge in [-0.05, 0) is 5.56 Å². The Hall–Kier alpha value is -2.03. The summed E-state index contributed by atoms with van der Waals surface area (Å²) in [5.41, 5.74) is 0.282. The summed E-state index contributed by atoms with van der Waals surface area (Å²) in [5.74, 6) is -2.16. The minimum Gasteiger partial charge on any atom is -0.480 e. The standard InChI is InChI=1S/C11H10BrFN2O5/c12-8-4-7(15(19)20)2-1-6(8)3-10(16)14-9(5-13)11(17)18/h1-2,4,9H,3,5H2,(H,14,16)(H,17,18). The molecular weight excluding hydrogens is 339 g/mol. The van der Waals surface area contributed by atoms with Gasteiger partial charge in [-0.2, -0.15) is 0 Å². The number of halogens is 2. The van der Waals surface area contributed by atoms with E-state index in [-0.39, 0.29) is 12.1 Å². The molecule has 1 rings (SSSR count). The zero-order valence-corrected chi connectivity index (χ0v) is 11.6. The third kappa shape index (κ3) is 4.26. The van der Waals surface area contributed by atoms with Gasteiger partial charge < -0.3 is 10.4 Å². The van der Waals surface area contributed by atoms with Crippen LogP contribution in [0.5, 0.6) is 0 Å². The van der Waals surface area contributed by atoms with Gasteiger partial charge >= 0.3 is 5.97 Å². The summed E-state index contributed by atoms with van der Waals surface area (Å²) in [7, 11) is 0. The van der Waals surface area contributed by atoms with Crippen molar-refractivity contribution in [2.75, 3.05) is 6.67 Å². The number of nitrogens with zero attached hydrogens (tertiary/aromatic N) is 1. The Bertz CT molecular complexity index is 552. The van der Waals surface area contributed by atoms with E-state index in [0.29, 0.717) is 10.0 Å². The van der Waals surface area contributed by atoms with Crippen LogP contribution in [0.1, 0.15) is 5.56 Å². The summed E-state index contributed by atoms with van der Waals surface area (Å²) in [4.78, 5) is 32.1. The van der Waals surface area contributed by atoms with Crippen LogP contribution < -0.4 is 5.32 Å². The first-order valence-electron chi connectivity index (χ1n) is 5.36. The fraction of sp³-hybridized carbons (Fsp3) is 0.273. The number of hydrogen-bond acceptors (Lipinski definition) is 4. The number of aliphatic carboxylic acids is 1. The highest BCUT2D eigenvalue weighted by Crippen LogP contribution is 2.23. The smallest absolute Gasteiger partial charge is 0.328 e. The molecule has 0 heterocycles. The second-order valence-corrected chi connectivity index (χ2v) is 4.68. The first-order valence-corrected chi connectivity index (χ1v) is 6.15. The van der Waals surface area contributed by atoms with Crippen LogP contribution in [0.2, 0.25) is 0 Å². The van der Waals surface area contributed by atoms with E-state index in [1.54, 1.807) is 0 Å². The van der Waals surface area contributed by atoms with Crippen LogP contribution >= 0.6 is 15.9 Å². The lowest BCUT2D eigenvalue weighted by Gasteiger charge is -2.11. The van der Waals surface area contributed by atoms with E-state index in [0.717, 1.165) is 0 Å². The summed E-state index contributed by atoms with van der Waals surface area (Å²) in [6, 6.07) is 2.22. The molecule has 0 bridgehead atoms. The lowest BCUT2D eigenvalue weighted by atomic mass is 10.1. The van der Waals surface area contributed by atoms with E-state index in [4.69, 9.17) is 5.11 Å². The molecule has 0 aliphatic heterocycles. The fourth-order valence-electron chi connectivity index (χ4n) is 1.38. The number of carboxylic acids is 1. The van der Waals surface area contributed by atoms with Crippen molar-refractivity contribution in [3.05, 3.63) is 38.3 Å². The number of nitrogens with one attached hydrogen (secondary N) is 1. The summed E-state index contributed by atoms with van der Waals surface area (Å²) >= 11 is 3.08. The molecule has 20 heavy (non-hydrogen) atoms. The van der Waals surface area contributed by atoms with Crippen LogP contribution in [0, 0.1) is 10.1 Å². The van der Waals surface area contributed by atoms with Gasteiger partial charge in [-0.1, -0.05) is 22.0 Å². The van der Waals surface area contributed by atoms with Crippen molar-refractivity contribution in [2.45, 2.75) is 12.5 Å². The minimum absolute atomic E-state index is 0.145. The Morgan fingerprint density at radius 2 is 2.15 bits per heavy atom. The molecule has 7 nitrogen and oxygen atoms in total. The molecule has 9 heteroatoms. The number of carboxylic acid groups (broad SMARTS) is 1. The summed E-state index contributed by atoms with van der Waals surface area (Å²) < 4.78 is 12.7. The molecule has 1 unspecified atom stereocenters. The predicted molar refractivity (Wildman–Crippen MR) is 70.0 cm³/mol. The second kappa shape index (κ2) is 6.94. The number of amides is 1. The topological polar surface area (TPSA) is 110 Å².